The zero-order valence-electron chi connectivity index (χ0n) is 8.51. The Morgan fingerprint density at radius 2 is 2.14 bits per heavy atom. The second-order valence-corrected chi connectivity index (χ2v) is 3.16. The molecule has 0 unspecified atom stereocenters. The van der Waals surface area contributed by atoms with Crippen molar-refractivity contribution >= 4 is 6.09 Å². The van der Waals surface area contributed by atoms with Gasteiger partial charge in [-0.05, 0) is 25.9 Å². The number of amides is 1. The van der Waals surface area contributed by atoms with Crippen molar-refractivity contribution < 1.29 is 9.53 Å². The highest BCUT2D eigenvalue weighted by molar-refractivity contribution is 5.66. The molecule has 1 aliphatic rings. The maximum atomic E-state index is 10.6. The number of rotatable bonds is 2. The van der Waals surface area contributed by atoms with E-state index in [4.69, 9.17) is 4.74 Å². The third kappa shape index (κ3) is 4.15. The fourth-order valence-electron chi connectivity index (χ4n) is 1.33. The Morgan fingerprint density at radius 1 is 1.43 bits per heavy atom. The predicted octanol–water partition coefficient (Wildman–Crippen LogP) is 0.442. The number of ether oxygens (including phenoxy) is 1. The maximum Gasteiger partial charge on any atom is 0.407 e. The SMILES string of the molecule is CNC(=O)OCC#CCN1CCCC1. The molecule has 4 heteroatoms. The molecule has 0 spiro atoms. The van der Waals surface area contributed by atoms with Gasteiger partial charge in [-0.25, -0.2) is 4.79 Å². The first-order valence-electron chi connectivity index (χ1n) is 4.85. The minimum Gasteiger partial charge on any atom is -0.436 e. The number of nitrogens with zero attached hydrogens (tertiary/aromatic N) is 1. The van der Waals surface area contributed by atoms with Crippen LogP contribution in [0.25, 0.3) is 0 Å². The molecule has 1 heterocycles. The first-order valence-corrected chi connectivity index (χ1v) is 4.85. The van der Waals surface area contributed by atoms with Crippen LogP contribution in [0.3, 0.4) is 0 Å². The molecule has 0 aromatic carbocycles. The van der Waals surface area contributed by atoms with Gasteiger partial charge >= 0.3 is 6.09 Å². The van der Waals surface area contributed by atoms with Crippen LogP contribution in [0.15, 0.2) is 0 Å². The summed E-state index contributed by atoms with van der Waals surface area (Å²) >= 11 is 0. The van der Waals surface area contributed by atoms with Crippen LogP contribution in [0.4, 0.5) is 4.79 Å². The van der Waals surface area contributed by atoms with Gasteiger partial charge in [-0.3, -0.25) is 4.90 Å². The molecule has 0 aromatic heterocycles. The van der Waals surface area contributed by atoms with E-state index in [-0.39, 0.29) is 6.61 Å². The summed E-state index contributed by atoms with van der Waals surface area (Å²) in [5.41, 5.74) is 0. The molecular weight excluding hydrogens is 180 g/mol. The molecular formula is C10H16N2O2. The van der Waals surface area contributed by atoms with Crippen LogP contribution in [0, 0.1) is 11.8 Å². The van der Waals surface area contributed by atoms with Gasteiger partial charge in [-0.15, -0.1) is 0 Å². The largest absolute Gasteiger partial charge is 0.436 e. The Hall–Kier alpha value is -1.21. The molecule has 0 saturated carbocycles. The highest BCUT2D eigenvalue weighted by Gasteiger charge is 2.08. The van der Waals surface area contributed by atoms with E-state index in [1.54, 1.807) is 0 Å². The molecule has 0 radical (unpaired) electrons. The van der Waals surface area contributed by atoms with Crippen LogP contribution in [-0.2, 0) is 4.74 Å². The second-order valence-electron chi connectivity index (χ2n) is 3.16. The van der Waals surface area contributed by atoms with Gasteiger partial charge in [0.1, 0.15) is 0 Å². The number of nitrogens with one attached hydrogen (secondary N) is 1. The van der Waals surface area contributed by atoms with Crippen molar-refractivity contribution in [2.24, 2.45) is 0 Å². The maximum absolute atomic E-state index is 10.6. The third-order valence-corrected chi connectivity index (χ3v) is 2.11. The van der Waals surface area contributed by atoms with Crippen LogP contribution >= 0.6 is 0 Å². The molecule has 0 aromatic rings. The highest BCUT2D eigenvalue weighted by Crippen LogP contribution is 2.05. The lowest BCUT2D eigenvalue weighted by atomic mass is 10.4. The molecule has 78 valence electrons. The van der Waals surface area contributed by atoms with Crippen molar-refractivity contribution in [3.8, 4) is 11.8 Å². The topological polar surface area (TPSA) is 41.6 Å². The molecule has 0 atom stereocenters. The Labute approximate surface area is 84.6 Å². The lowest BCUT2D eigenvalue weighted by molar-refractivity contribution is 0.162. The molecule has 1 rings (SSSR count). The van der Waals surface area contributed by atoms with E-state index in [2.05, 4.69) is 22.1 Å². The van der Waals surface area contributed by atoms with Gasteiger partial charge in [0, 0.05) is 7.05 Å². The fraction of sp³-hybridized carbons (Fsp3) is 0.700. The number of alkyl carbamates (subject to hydrolysis) is 1. The van der Waals surface area contributed by atoms with Crippen LogP contribution < -0.4 is 5.32 Å². The van der Waals surface area contributed by atoms with E-state index in [1.807, 2.05) is 0 Å². The minimum absolute atomic E-state index is 0.174. The lowest BCUT2D eigenvalue weighted by Crippen LogP contribution is -2.20. The number of likely N-dealkylation sites (tertiary alicyclic amines) is 1. The van der Waals surface area contributed by atoms with Crippen molar-refractivity contribution in [1.29, 1.82) is 0 Å². The van der Waals surface area contributed by atoms with Gasteiger partial charge in [-0.2, -0.15) is 0 Å². The first-order chi connectivity index (χ1) is 6.83. The zero-order chi connectivity index (χ0) is 10.2. The third-order valence-electron chi connectivity index (χ3n) is 2.11. The number of hydrogen-bond donors (Lipinski definition) is 1. The van der Waals surface area contributed by atoms with Crippen molar-refractivity contribution in [1.82, 2.24) is 10.2 Å². The van der Waals surface area contributed by atoms with Gasteiger partial charge in [0.25, 0.3) is 0 Å². The monoisotopic (exact) mass is 196 g/mol. The lowest BCUT2D eigenvalue weighted by Gasteiger charge is -2.08. The summed E-state index contributed by atoms with van der Waals surface area (Å²) in [6.07, 6.45) is 2.12. The van der Waals surface area contributed by atoms with Crippen molar-refractivity contribution in [3.05, 3.63) is 0 Å². The Kier molecular flexibility index (Phi) is 4.87. The second kappa shape index (κ2) is 6.28. The molecule has 0 bridgehead atoms. The molecule has 0 aliphatic carbocycles. The van der Waals surface area contributed by atoms with Crippen molar-refractivity contribution in [2.75, 3.05) is 33.3 Å². The number of carbonyl (C=O) groups excluding carboxylic acids is 1. The number of hydrogen-bond acceptors (Lipinski definition) is 3. The summed E-state index contributed by atoms with van der Waals surface area (Å²) in [6.45, 7) is 3.25. The predicted molar refractivity (Wildman–Crippen MR) is 53.9 cm³/mol. The van der Waals surface area contributed by atoms with Crippen LogP contribution in [-0.4, -0.2) is 44.3 Å². The molecule has 1 amide bonds. The summed E-state index contributed by atoms with van der Waals surface area (Å²) < 4.78 is 4.71. The smallest absolute Gasteiger partial charge is 0.407 e. The quantitative estimate of drug-likeness (QED) is 0.652. The van der Waals surface area contributed by atoms with Crippen LogP contribution in [0.5, 0.6) is 0 Å². The Bertz CT molecular complexity index is 236. The van der Waals surface area contributed by atoms with E-state index in [1.165, 1.54) is 19.9 Å². The van der Waals surface area contributed by atoms with E-state index in [0.29, 0.717) is 0 Å². The van der Waals surface area contributed by atoms with E-state index in [0.717, 1.165) is 19.6 Å². The Morgan fingerprint density at radius 3 is 2.79 bits per heavy atom. The van der Waals surface area contributed by atoms with E-state index in [9.17, 15) is 4.79 Å². The summed E-state index contributed by atoms with van der Waals surface area (Å²) in [5.74, 6) is 5.78. The van der Waals surface area contributed by atoms with Crippen LogP contribution in [0.2, 0.25) is 0 Å². The summed E-state index contributed by atoms with van der Waals surface area (Å²) in [7, 11) is 1.53. The summed E-state index contributed by atoms with van der Waals surface area (Å²) in [4.78, 5) is 12.9. The van der Waals surface area contributed by atoms with Gasteiger partial charge in [0.05, 0.1) is 6.54 Å². The minimum atomic E-state index is -0.430. The van der Waals surface area contributed by atoms with E-state index >= 15 is 0 Å². The standard InChI is InChI=1S/C10H16N2O2/c1-11-10(13)14-9-5-4-8-12-6-2-3-7-12/h2-3,6-9H2,1H3,(H,11,13). The molecule has 1 fully saturated rings. The molecule has 4 nitrogen and oxygen atoms in total. The zero-order valence-corrected chi connectivity index (χ0v) is 8.51. The number of carbonyl (C=O) groups is 1. The van der Waals surface area contributed by atoms with Gasteiger partial charge in [0.2, 0.25) is 0 Å². The molecule has 1 aliphatic heterocycles. The van der Waals surface area contributed by atoms with Crippen molar-refractivity contribution in [2.45, 2.75) is 12.8 Å². The van der Waals surface area contributed by atoms with Gasteiger partial charge < -0.3 is 10.1 Å². The average Bonchev–Trinajstić information content (AvgIpc) is 2.69. The first kappa shape index (κ1) is 10.9. The van der Waals surface area contributed by atoms with Crippen molar-refractivity contribution in [3.63, 3.8) is 0 Å². The molecule has 14 heavy (non-hydrogen) atoms. The van der Waals surface area contributed by atoms with Gasteiger partial charge in [-0.1, -0.05) is 11.8 Å². The summed E-state index contributed by atoms with van der Waals surface area (Å²) in [6, 6.07) is 0. The Balaban J connectivity index is 2.05. The molecule has 1 N–H and O–H groups in total. The highest BCUT2D eigenvalue weighted by atomic mass is 16.5. The fourth-order valence-corrected chi connectivity index (χ4v) is 1.33. The van der Waals surface area contributed by atoms with Gasteiger partial charge in [0.15, 0.2) is 6.61 Å². The normalized spacial score (nSPS) is 15.8. The molecule has 1 saturated heterocycles. The average molecular weight is 196 g/mol. The van der Waals surface area contributed by atoms with Crippen LogP contribution in [0.1, 0.15) is 12.8 Å². The summed E-state index contributed by atoms with van der Waals surface area (Å²) in [5, 5.41) is 2.36. The van der Waals surface area contributed by atoms with E-state index < -0.39 is 6.09 Å².